The van der Waals surface area contributed by atoms with Crippen LogP contribution in [0.3, 0.4) is 0 Å². The Bertz CT molecular complexity index is 1250. The second kappa shape index (κ2) is 9.10. The van der Waals surface area contributed by atoms with E-state index < -0.39 is 11.7 Å². The number of amides is 1. The molecule has 4 rings (SSSR count). The number of anilines is 2. The van der Waals surface area contributed by atoms with E-state index in [-0.39, 0.29) is 17.3 Å². The molecule has 1 aliphatic heterocycles. The van der Waals surface area contributed by atoms with Crippen LogP contribution in [0.4, 0.5) is 20.4 Å². The molecule has 1 aliphatic rings. The molecule has 1 saturated heterocycles. The molecule has 188 valence electrons. The first-order chi connectivity index (χ1) is 16.4. The van der Waals surface area contributed by atoms with Crippen LogP contribution in [0, 0.1) is 6.92 Å². The van der Waals surface area contributed by atoms with Gasteiger partial charge >= 0.3 is 5.92 Å². The molecule has 9 nitrogen and oxygen atoms in total. The van der Waals surface area contributed by atoms with Crippen LogP contribution in [0.2, 0.25) is 0 Å². The first-order valence-corrected chi connectivity index (χ1v) is 11.9. The van der Waals surface area contributed by atoms with Crippen LogP contribution in [-0.4, -0.2) is 67.3 Å². The van der Waals surface area contributed by atoms with Gasteiger partial charge in [-0.05, 0) is 33.4 Å². The third-order valence-corrected chi connectivity index (χ3v) is 6.58. The summed E-state index contributed by atoms with van der Waals surface area (Å²) in [5.41, 5.74) is 1.01. The summed E-state index contributed by atoms with van der Waals surface area (Å²) < 4.78 is 29.7. The predicted octanol–water partition coefficient (Wildman–Crippen LogP) is 3.90. The number of aromatic nitrogens is 5. The van der Waals surface area contributed by atoms with E-state index in [1.54, 1.807) is 25.3 Å². The fourth-order valence-electron chi connectivity index (χ4n) is 4.88. The smallest absolute Gasteiger partial charge is 0.303 e. The Morgan fingerprint density at radius 3 is 2.60 bits per heavy atom. The topological polar surface area (TPSA) is 92.1 Å². The fourth-order valence-corrected chi connectivity index (χ4v) is 4.88. The number of rotatable bonds is 7. The summed E-state index contributed by atoms with van der Waals surface area (Å²) in [6.07, 6.45) is 2.63. The summed E-state index contributed by atoms with van der Waals surface area (Å²) in [4.78, 5) is 28.7. The van der Waals surface area contributed by atoms with Crippen LogP contribution in [0.15, 0.2) is 18.3 Å². The number of carbonyl (C=O) groups excluding carboxylic acids is 1. The lowest BCUT2D eigenvalue weighted by molar-refractivity contribution is -0.114. The maximum Gasteiger partial charge on any atom is 0.303 e. The van der Waals surface area contributed by atoms with Crippen molar-refractivity contribution < 1.29 is 13.6 Å². The van der Waals surface area contributed by atoms with Gasteiger partial charge < -0.3 is 10.2 Å². The highest BCUT2D eigenvalue weighted by Gasteiger charge is 2.39. The zero-order valence-corrected chi connectivity index (χ0v) is 21.1. The van der Waals surface area contributed by atoms with Crippen molar-refractivity contribution in [2.45, 2.75) is 59.4 Å². The van der Waals surface area contributed by atoms with Gasteiger partial charge in [0.2, 0.25) is 11.7 Å². The molecule has 1 amide bonds. The zero-order valence-electron chi connectivity index (χ0n) is 21.1. The predicted molar refractivity (Wildman–Crippen MR) is 131 cm³/mol. The third-order valence-electron chi connectivity index (χ3n) is 6.58. The Hall–Kier alpha value is -3.21. The average molecular weight is 487 g/mol. The number of aryl methyl sites for hydroxylation is 1. The molecule has 3 aromatic heterocycles. The highest BCUT2D eigenvalue weighted by Crippen LogP contribution is 2.36. The lowest BCUT2D eigenvalue weighted by atomic mass is 9.99. The molecule has 1 fully saturated rings. The second-order valence-corrected chi connectivity index (χ2v) is 9.42. The lowest BCUT2D eigenvalue weighted by Gasteiger charge is -2.37. The van der Waals surface area contributed by atoms with Gasteiger partial charge in [0.15, 0.2) is 11.6 Å². The first-order valence-electron chi connectivity index (χ1n) is 11.9. The van der Waals surface area contributed by atoms with E-state index in [2.05, 4.69) is 50.8 Å². The van der Waals surface area contributed by atoms with Crippen LogP contribution >= 0.6 is 0 Å². The third kappa shape index (κ3) is 4.82. The Morgan fingerprint density at radius 1 is 1.26 bits per heavy atom. The summed E-state index contributed by atoms with van der Waals surface area (Å²) in [7, 11) is 0. The monoisotopic (exact) mass is 486 g/mol. The number of carbonyl (C=O) groups is 1. The minimum atomic E-state index is -3.20. The molecule has 0 radical (unpaired) electrons. The van der Waals surface area contributed by atoms with Crippen molar-refractivity contribution in [2.75, 3.05) is 36.4 Å². The normalized spacial score (nSPS) is 18.6. The van der Waals surface area contributed by atoms with Crippen LogP contribution in [0.25, 0.3) is 16.7 Å². The molecule has 4 heterocycles. The van der Waals surface area contributed by atoms with Crippen LogP contribution in [0.5, 0.6) is 0 Å². The molecule has 0 saturated carbocycles. The number of fused-ring (bicyclic) bond motifs is 1. The Balaban J connectivity index is 1.86. The molecule has 0 aromatic carbocycles. The Labute approximate surface area is 203 Å². The molecule has 0 bridgehead atoms. The van der Waals surface area contributed by atoms with Crippen molar-refractivity contribution >= 4 is 28.4 Å². The summed E-state index contributed by atoms with van der Waals surface area (Å²) >= 11 is 0. The minimum Gasteiger partial charge on any atom is -0.353 e. The van der Waals surface area contributed by atoms with E-state index >= 15 is 0 Å². The van der Waals surface area contributed by atoms with E-state index in [0.717, 1.165) is 44.9 Å². The summed E-state index contributed by atoms with van der Waals surface area (Å²) in [5.74, 6) is -2.74. The van der Waals surface area contributed by atoms with E-state index in [0.29, 0.717) is 22.8 Å². The second-order valence-electron chi connectivity index (χ2n) is 9.42. The highest BCUT2D eigenvalue weighted by molar-refractivity contribution is 5.95. The number of nitrogens with one attached hydrogen (secondary N) is 1. The van der Waals surface area contributed by atoms with Gasteiger partial charge in [-0.2, -0.15) is 8.78 Å². The number of likely N-dealkylation sites (N-methyl/N-ethyl adjacent to an activating group) is 1. The highest BCUT2D eigenvalue weighted by atomic mass is 19.3. The van der Waals surface area contributed by atoms with Gasteiger partial charge in [-0.15, -0.1) is 5.10 Å². The van der Waals surface area contributed by atoms with E-state index in [9.17, 15) is 13.6 Å². The minimum absolute atomic E-state index is 0.00784. The van der Waals surface area contributed by atoms with Crippen molar-refractivity contribution in [3.8, 4) is 5.82 Å². The standard InChI is InChI=1S/C24H32F2N8O/c1-7-33(8-2)23(5)9-10-32(14-23)21-17-13-27-19(29-16(4)35)12-18(17)34(31-21)20-11-15(3)28-22(30-20)24(6,25)26/h11-13H,7-10,14H2,1-6H3,(H,27,29,35)/t23-/m1/s1. The van der Waals surface area contributed by atoms with Gasteiger partial charge in [-0.3, -0.25) is 9.69 Å². The number of hydrogen-bond donors (Lipinski definition) is 1. The summed E-state index contributed by atoms with van der Waals surface area (Å²) in [6, 6.07) is 3.31. The number of hydrogen-bond acceptors (Lipinski definition) is 7. The molecule has 0 unspecified atom stereocenters. The molecular formula is C24H32F2N8O. The van der Waals surface area contributed by atoms with E-state index in [4.69, 9.17) is 5.10 Å². The number of nitrogens with zero attached hydrogens (tertiary/aromatic N) is 7. The molecule has 35 heavy (non-hydrogen) atoms. The first kappa shape index (κ1) is 24.9. The summed E-state index contributed by atoms with van der Waals surface area (Å²) in [6.45, 7) is 13.9. The Morgan fingerprint density at radius 2 is 1.97 bits per heavy atom. The van der Waals surface area contributed by atoms with Crippen molar-refractivity contribution in [1.82, 2.24) is 29.6 Å². The summed E-state index contributed by atoms with van der Waals surface area (Å²) in [5, 5.41) is 8.27. The molecule has 0 spiro atoms. The largest absolute Gasteiger partial charge is 0.353 e. The van der Waals surface area contributed by atoms with Crippen LogP contribution in [0.1, 0.15) is 52.6 Å². The van der Waals surface area contributed by atoms with E-state index in [1.165, 1.54) is 11.6 Å². The maximum absolute atomic E-state index is 14.1. The van der Waals surface area contributed by atoms with Crippen LogP contribution in [-0.2, 0) is 10.7 Å². The van der Waals surface area contributed by atoms with Crippen molar-refractivity contribution in [1.29, 1.82) is 0 Å². The molecule has 1 N–H and O–H groups in total. The van der Waals surface area contributed by atoms with Gasteiger partial charge in [-0.1, -0.05) is 13.8 Å². The lowest BCUT2D eigenvalue weighted by Crippen LogP contribution is -2.48. The van der Waals surface area contributed by atoms with Gasteiger partial charge in [0.1, 0.15) is 5.82 Å². The quantitative estimate of drug-likeness (QED) is 0.542. The molecule has 1 atom stereocenters. The molecule has 3 aromatic rings. The van der Waals surface area contributed by atoms with Crippen molar-refractivity contribution in [3.63, 3.8) is 0 Å². The SMILES string of the molecule is CCN(CC)[C@]1(C)CCN(c2nn(-c3cc(C)nc(C(C)(F)F)n3)c3cc(NC(C)=O)ncc23)C1. The Kier molecular flexibility index (Phi) is 6.48. The molecule has 11 heteroatoms. The number of alkyl halides is 2. The fraction of sp³-hybridized carbons (Fsp3) is 0.542. The van der Waals surface area contributed by atoms with E-state index in [1.807, 2.05) is 0 Å². The number of pyridine rings is 1. The van der Waals surface area contributed by atoms with Crippen molar-refractivity contribution in [2.24, 2.45) is 0 Å². The van der Waals surface area contributed by atoms with Crippen LogP contribution < -0.4 is 10.2 Å². The van der Waals surface area contributed by atoms with Crippen molar-refractivity contribution in [3.05, 3.63) is 29.8 Å². The maximum atomic E-state index is 14.1. The number of halogens is 2. The molecular weight excluding hydrogens is 454 g/mol. The van der Waals surface area contributed by atoms with Gasteiger partial charge in [-0.25, -0.2) is 19.6 Å². The average Bonchev–Trinajstić information content (AvgIpc) is 3.34. The molecule has 0 aliphatic carbocycles. The van der Waals surface area contributed by atoms with Gasteiger partial charge in [0.05, 0.1) is 10.9 Å². The van der Waals surface area contributed by atoms with Gasteiger partial charge in [0.25, 0.3) is 0 Å². The zero-order chi connectivity index (χ0) is 25.5. The van der Waals surface area contributed by atoms with Gasteiger partial charge in [0, 0.05) is 56.5 Å².